The number of nitrogens with one attached hydrogen (secondary N) is 1. The van der Waals surface area contributed by atoms with E-state index < -0.39 is 11.9 Å². The number of carbonyl (C=O) groups is 2. The summed E-state index contributed by atoms with van der Waals surface area (Å²) in [7, 11) is 0. The van der Waals surface area contributed by atoms with E-state index in [1.165, 1.54) is 0 Å². The largest absolute Gasteiger partial charge is 0.462 e. The fourth-order valence-corrected chi connectivity index (χ4v) is 3.39. The fourth-order valence-electron chi connectivity index (χ4n) is 3.39. The summed E-state index contributed by atoms with van der Waals surface area (Å²) in [4.78, 5) is 25.9. The number of amides is 1. The van der Waals surface area contributed by atoms with Crippen LogP contribution >= 0.6 is 0 Å². The summed E-state index contributed by atoms with van der Waals surface area (Å²) in [5.41, 5.74) is 8.91. The van der Waals surface area contributed by atoms with Gasteiger partial charge in [-0.1, -0.05) is 48.0 Å². The molecule has 0 saturated heterocycles. The van der Waals surface area contributed by atoms with E-state index >= 15 is 0 Å². The van der Waals surface area contributed by atoms with E-state index in [1.807, 2.05) is 49.4 Å². The molecular weight excluding hydrogens is 368 g/mol. The average molecular weight is 392 g/mol. The van der Waals surface area contributed by atoms with Gasteiger partial charge in [0.05, 0.1) is 18.1 Å². The van der Waals surface area contributed by atoms with Crippen molar-refractivity contribution in [1.29, 1.82) is 0 Å². The second-order valence-electron chi connectivity index (χ2n) is 6.74. The van der Waals surface area contributed by atoms with E-state index in [1.54, 1.807) is 26.0 Å². The summed E-state index contributed by atoms with van der Waals surface area (Å²) in [6.45, 7) is 5.51. The molecule has 1 aliphatic heterocycles. The molecule has 1 heterocycles. The van der Waals surface area contributed by atoms with E-state index in [-0.39, 0.29) is 24.0 Å². The molecule has 3 rings (SSSR count). The lowest BCUT2D eigenvalue weighted by molar-refractivity contribution is -0.139. The second-order valence-corrected chi connectivity index (χ2v) is 6.74. The Kier molecular flexibility index (Phi) is 6.02. The Morgan fingerprint density at radius 1 is 1.07 bits per heavy atom. The van der Waals surface area contributed by atoms with Gasteiger partial charge in [0.25, 0.3) is 5.91 Å². The first-order chi connectivity index (χ1) is 13.9. The van der Waals surface area contributed by atoms with Crippen LogP contribution in [0, 0.1) is 6.92 Å². The van der Waals surface area contributed by atoms with Crippen LogP contribution in [0.25, 0.3) is 0 Å². The molecule has 1 amide bonds. The highest BCUT2D eigenvalue weighted by Gasteiger charge is 2.39. The highest BCUT2D eigenvalue weighted by molar-refractivity contribution is 6.08. The minimum absolute atomic E-state index is 0.0521. The Balaban J connectivity index is 2.10. The van der Waals surface area contributed by atoms with Crippen molar-refractivity contribution in [2.75, 3.05) is 11.9 Å². The van der Waals surface area contributed by atoms with E-state index in [0.29, 0.717) is 17.0 Å². The molecule has 0 aromatic heterocycles. The minimum atomic E-state index is -0.702. The molecule has 2 aromatic carbocycles. The van der Waals surface area contributed by atoms with Gasteiger partial charge in [0.2, 0.25) is 5.88 Å². The van der Waals surface area contributed by atoms with Gasteiger partial charge >= 0.3 is 5.97 Å². The van der Waals surface area contributed by atoms with Crippen LogP contribution in [0.1, 0.15) is 30.9 Å². The molecule has 0 radical (unpaired) electrons. The van der Waals surface area contributed by atoms with Crippen molar-refractivity contribution in [2.24, 2.45) is 5.73 Å². The summed E-state index contributed by atoms with van der Waals surface area (Å²) in [5, 5.41) is 2.87. The van der Waals surface area contributed by atoms with Crippen molar-refractivity contribution in [3.63, 3.8) is 0 Å². The standard InChI is InChI=1S/C23H24N2O4/c1-4-28-23(27)20-19(16-10-8-9-14(2)13-16)18(15(3)29-21(20)24)22(26)25-17-11-6-5-7-12-17/h5-13,19H,4,24H2,1-3H3,(H,25,26)/t19-/m0/s1. The maximum atomic E-state index is 13.2. The van der Waals surface area contributed by atoms with Crippen molar-refractivity contribution in [1.82, 2.24) is 0 Å². The summed E-state index contributed by atoms with van der Waals surface area (Å²) in [5.74, 6) is -1.38. The summed E-state index contributed by atoms with van der Waals surface area (Å²) in [6.07, 6.45) is 0. The molecule has 1 aliphatic rings. The number of para-hydroxylation sites is 1. The first kappa shape index (κ1) is 20.2. The molecule has 0 spiro atoms. The maximum Gasteiger partial charge on any atom is 0.340 e. The number of rotatable bonds is 5. The number of benzene rings is 2. The molecule has 3 N–H and O–H groups in total. The van der Waals surface area contributed by atoms with Crippen LogP contribution in [-0.4, -0.2) is 18.5 Å². The van der Waals surface area contributed by atoms with Gasteiger partial charge in [-0.05, 0) is 38.5 Å². The molecule has 0 bridgehead atoms. The summed E-state index contributed by atoms with van der Waals surface area (Å²) < 4.78 is 10.8. The Morgan fingerprint density at radius 3 is 2.45 bits per heavy atom. The zero-order valence-corrected chi connectivity index (χ0v) is 16.7. The zero-order valence-electron chi connectivity index (χ0n) is 16.7. The highest BCUT2D eigenvalue weighted by atomic mass is 16.5. The monoisotopic (exact) mass is 392 g/mol. The lowest BCUT2D eigenvalue weighted by atomic mass is 9.81. The van der Waals surface area contributed by atoms with E-state index in [0.717, 1.165) is 11.1 Å². The molecule has 0 aliphatic carbocycles. The van der Waals surface area contributed by atoms with Crippen LogP contribution in [0.2, 0.25) is 0 Å². The second kappa shape index (κ2) is 8.65. The number of allylic oxidation sites excluding steroid dienone is 1. The maximum absolute atomic E-state index is 13.2. The third-order valence-corrected chi connectivity index (χ3v) is 4.63. The molecule has 150 valence electrons. The lowest BCUT2D eigenvalue weighted by Gasteiger charge is -2.29. The number of esters is 1. The number of hydrogen-bond acceptors (Lipinski definition) is 5. The third kappa shape index (κ3) is 4.32. The highest BCUT2D eigenvalue weighted by Crippen LogP contribution is 2.40. The number of ether oxygens (including phenoxy) is 2. The van der Waals surface area contributed by atoms with Crippen LogP contribution in [0.4, 0.5) is 5.69 Å². The molecule has 0 saturated carbocycles. The smallest absolute Gasteiger partial charge is 0.340 e. The van der Waals surface area contributed by atoms with Gasteiger partial charge in [0, 0.05) is 5.69 Å². The molecule has 0 unspecified atom stereocenters. The molecule has 6 nitrogen and oxygen atoms in total. The van der Waals surface area contributed by atoms with E-state index in [4.69, 9.17) is 15.2 Å². The van der Waals surface area contributed by atoms with Crippen molar-refractivity contribution in [2.45, 2.75) is 26.7 Å². The third-order valence-electron chi connectivity index (χ3n) is 4.63. The van der Waals surface area contributed by atoms with Gasteiger partial charge < -0.3 is 20.5 Å². The van der Waals surface area contributed by atoms with Crippen molar-refractivity contribution >= 4 is 17.6 Å². The number of carbonyl (C=O) groups excluding carboxylic acids is 2. The average Bonchev–Trinajstić information content (AvgIpc) is 2.68. The SMILES string of the molecule is CCOC(=O)C1=C(N)OC(C)=C(C(=O)Nc2ccccc2)[C@@H]1c1cccc(C)c1. The van der Waals surface area contributed by atoms with Crippen LogP contribution in [-0.2, 0) is 19.1 Å². The first-order valence-electron chi connectivity index (χ1n) is 9.40. The van der Waals surface area contributed by atoms with Gasteiger partial charge in [-0.25, -0.2) is 4.79 Å². The first-order valence-corrected chi connectivity index (χ1v) is 9.40. The number of hydrogen-bond donors (Lipinski definition) is 2. The van der Waals surface area contributed by atoms with E-state index in [2.05, 4.69) is 5.32 Å². The molecule has 0 fully saturated rings. The summed E-state index contributed by atoms with van der Waals surface area (Å²) in [6, 6.07) is 16.7. The lowest BCUT2D eigenvalue weighted by Crippen LogP contribution is -2.31. The van der Waals surface area contributed by atoms with Crippen molar-refractivity contribution < 1.29 is 19.1 Å². The van der Waals surface area contributed by atoms with Crippen LogP contribution < -0.4 is 11.1 Å². The molecule has 29 heavy (non-hydrogen) atoms. The minimum Gasteiger partial charge on any atom is -0.462 e. The Labute approximate surface area is 170 Å². The number of nitrogens with two attached hydrogens (primary N) is 1. The predicted molar refractivity (Wildman–Crippen MR) is 111 cm³/mol. The predicted octanol–water partition coefficient (Wildman–Crippen LogP) is 3.75. The molecule has 2 aromatic rings. The fraction of sp³-hybridized carbons (Fsp3) is 0.217. The van der Waals surface area contributed by atoms with Crippen molar-refractivity contribution in [3.8, 4) is 0 Å². The van der Waals surface area contributed by atoms with E-state index in [9.17, 15) is 9.59 Å². The van der Waals surface area contributed by atoms with Crippen molar-refractivity contribution in [3.05, 3.63) is 88.5 Å². The normalized spacial score (nSPS) is 16.3. The summed E-state index contributed by atoms with van der Waals surface area (Å²) >= 11 is 0. The van der Waals surface area contributed by atoms with Gasteiger partial charge in [0.15, 0.2) is 0 Å². The number of anilines is 1. The van der Waals surface area contributed by atoms with Gasteiger partial charge in [-0.3, -0.25) is 4.79 Å². The van der Waals surface area contributed by atoms with Crippen LogP contribution in [0.3, 0.4) is 0 Å². The van der Waals surface area contributed by atoms with Crippen LogP contribution in [0.5, 0.6) is 0 Å². The van der Waals surface area contributed by atoms with Gasteiger partial charge in [-0.2, -0.15) is 0 Å². The molecule has 1 atom stereocenters. The number of aryl methyl sites for hydroxylation is 1. The Morgan fingerprint density at radius 2 is 1.79 bits per heavy atom. The quantitative estimate of drug-likeness (QED) is 0.756. The Bertz CT molecular complexity index is 993. The zero-order chi connectivity index (χ0) is 21.0. The molecular formula is C23H24N2O4. The molecule has 6 heteroatoms. The Hall–Kier alpha value is -3.54. The van der Waals surface area contributed by atoms with Gasteiger partial charge in [0.1, 0.15) is 11.3 Å². The van der Waals surface area contributed by atoms with Crippen LogP contribution in [0.15, 0.2) is 77.4 Å². The van der Waals surface area contributed by atoms with Gasteiger partial charge in [-0.15, -0.1) is 0 Å². The topological polar surface area (TPSA) is 90.7 Å².